The highest BCUT2D eigenvalue weighted by molar-refractivity contribution is 9.11. The number of carbonyl (C=O) groups excluding carboxylic acids is 4. The van der Waals surface area contributed by atoms with Crippen molar-refractivity contribution in [2.45, 2.75) is 177 Å². The largest absolute Gasteiger partial charge is 0.390 e. The zero-order valence-corrected chi connectivity index (χ0v) is 68.3. The van der Waals surface area contributed by atoms with E-state index in [1.165, 1.54) is 44.5 Å². The average Bonchev–Trinajstić information content (AvgIpc) is 0.790. The van der Waals surface area contributed by atoms with Crippen LogP contribution in [0.3, 0.4) is 0 Å². The molecule has 0 fully saturated rings. The van der Waals surface area contributed by atoms with Gasteiger partial charge in [0.1, 0.15) is 0 Å². The molecule has 0 spiro atoms. The van der Waals surface area contributed by atoms with E-state index in [9.17, 15) is 39.6 Å². The number of nitrogens with one attached hydrogen (secondary N) is 4. The number of amides is 4. The quantitative estimate of drug-likeness (QED) is 0.0454. The highest BCUT2D eigenvalue weighted by atomic mass is 79.9. The number of aliphatic hydroxyl groups is 4. The number of rotatable bonds is 16. The highest BCUT2D eigenvalue weighted by Crippen LogP contribution is 2.38. The topological polar surface area (TPSA) is 210 Å². The SMILES string of the molecule is CC[C@@H]1CN(C[C@@H](O)[C@@H]2Cc3ccccc3CN2)C(=O)c2ccc(Br)cc21.CC[C@@H]1CN(C[C@H](O)[C@@H]2Cc3ccccc3CN2)C(=O)c2ccc(Br)cc21.CC[C@H]1CN(C[C@@H](O)[C@@H]2Cc3ccccc3CN2)C(=O)c2ccc(Br)cc21.CC[C@H]1CN(C[C@H](O)[C@@H]2Cc3ccccc3CN2)C(=O)c2ccc(Br)cc21. The van der Waals surface area contributed by atoms with Crippen LogP contribution in [0.25, 0.3) is 0 Å². The van der Waals surface area contributed by atoms with Crippen molar-refractivity contribution in [1.29, 1.82) is 0 Å². The van der Waals surface area contributed by atoms with Gasteiger partial charge in [-0.05, 0) is 191 Å². The van der Waals surface area contributed by atoms with Crippen molar-refractivity contribution in [3.05, 3.63) is 277 Å². The van der Waals surface area contributed by atoms with Crippen molar-refractivity contribution in [3.63, 3.8) is 0 Å². The Morgan fingerprint density at radius 2 is 0.509 bits per heavy atom. The van der Waals surface area contributed by atoms with Crippen LogP contribution in [-0.4, -0.2) is 165 Å². The molecule has 16 rings (SSSR count). The van der Waals surface area contributed by atoms with Crippen LogP contribution in [-0.2, 0) is 51.9 Å². The predicted molar refractivity (Wildman–Crippen MR) is 439 cm³/mol. The predicted octanol–water partition coefficient (Wildman–Crippen LogP) is 13.9. The number of fused-ring (bicyclic) bond motifs is 8. The maximum absolute atomic E-state index is 13.0. The maximum atomic E-state index is 13.0. The average molecular weight is 1720 g/mol. The van der Waals surface area contributed by atoms with Crippen LogP contribution in [0, 0.1) is 0 Å². The number of halogens is 4. The van der Waals surface area contributed by atoms with E-state index >= 15 is 0 Å². The third-order valence-corrected chi connectivity index (χ3v) is 25.5. The molecule has 16 nitrogen and oxygen atoms in total. The number of nitrogens with zero attached hydrogens (tertiary/aromatic N) is 4. The Kier molecular flexibility index (Phi) is 26.6. The normalized spacial score (nSPS) is 22.9. The zero-order valence-electron chi connectivity index (χ0n) is 62.0. The lowest BCUT2D eigenvalue weighted by molar-refractivity contribution is 0.0482. The molecule has 0 unspecified atom stereocenters. The summed E-state index contributed by atoms with van der Waals surface area (Å²) < 4.78 is 4.02. The second-order valence-corrected chi connectivity index (χ2v) is 34.0. The maximum Gasteiger partial charge on any atom is 0.254 e. The zero-order chi connectivity index (χ0) is 75.9. The molecule has 8 aromatic rings. The Hall–Kier alpha value is -6.76. The molecule has 12 atom stereocenters. The van der Waals surface area contributed by atoms with Gasteiger partial charge in [-0.25, -0.2) is 0 Å². The number of hydrogen-bond acceptors (Lipinski definition) is 12. The van der Waals surface area contributed by atoms with Crippen molar-refractivity contribution in [3.8, 4) is 0 Å². The summed E-state index contributed by atoms with van der Waals surface area (Å²) >= 11 is 14.1. The minimum Gasteiger partial charge on any atom is -0.390 e. The number of aliphatic hydroxyl groups excluding tert-OH is 4. The molecule has 0 saturated carbocycles. The number of β-amino-alcohol motifs (C(OH)–C–C–N with tert-alkyl or cyclic N) is 4. The molecular weight excluding hydrogens is 1620 g/mol. The fourth-order valence-electron chi connectivity index (χ4n) is 17.2. The minimum atomic E-state index is -0.586. The summed E-state index contributed by atoms with van der Waals surface area (Å²) in [5.41, 5.74) is 17.9. The first-order valence-electron chi connectivity index (χ1n) is 38.5. The van der Waals surface area contributed by atoms with E-state index in [0.29, 0.717) is 76.0 Å². The van der Waals surface area contributed by atoms with Crippen LogP contribution < -0.4 is 21.3 Å². The molecule has 4 amide bonds. The number of carbonyl (C=O) groups is 4. The molecule has 8 N–H and O–H groups in total. The van der Waals surface area contributed by atoms with Crippen molar-refractivity contribution in [2.24, 2.45) is 0 Å². The van der Waals surface area contributed by atoms with Crippen molar-refractivity contribution < 1.29 is 39.6 Å². The van der Waals surface area contributed by atoms with Crippen molar-refractivity contribution in [1.82, 2.24) is 40.9 Å². The number of hydrogen-bond donors (Lipinski definition) is 8. The molecular formula is C88H100Br4N8O8. The summed E-state index contributed by atoms with van der Waals surface area (Å²) in [7, 11) is 0. The number of benzene rings is 8. The molecule has 0 saturated heterocycles. The van der Waals surface area contributed by atoms with Gasteiger partial charge in [0.2, 0.25) is 0 Å². The first-order valence-corrected chi connectivity index (χ1v) is 41.7. The van der Waals surface area contributed by atoms with Crippen LogP contribution in [0.15, 0.2) is 188 Å². The molecule has 8 aromatic carbocycles. The van der Waals surface area contributed by atoms with Crippen molar-refractivity contribution >= 4 is 87.3 Å². The monoisotopic (exact) mass is 1710 g/mol. The lowest BCUT2D eigenvalue weighted by Gasteiger charge is -2.37. The Morgan fingerprint density at radius 1 is 0.315 bits per heavy atom. The van der Waals surface area contributed by atoms with Crippen LogP contribution in [0.5, 0.6) is 0 Å². The summed E-state index contributed by atoms with van der Waals surface area (Å²) in [6.07, 6.45) is 4.70. The van der Waals surface area contributed by atoms with Gasteiger partial charge in [-0.15, -0.1) is 0 Å². The molecule has 568 valence electrons. The van der Waals surface area contributed by atoms with E-state index in [1.807, 2.05) is 117 Å². The molecule has 8 heterocycles. The van der Waals surface area contributed by atoms with Crippen LogP contribution in [0.4, 0.5) is 0 Å². The second kappa shape index (κ2) is 36.2. The Bertz CT molecular complexity index is 3980. The Labute approximate surface area is 669 Å². The first-order chi connectivity index (χ1) is 52.3. The molecule has 0 aliphatic carbocycles. The molecule has 8 aliphatic rings. The molecule has 8 aliphatic heterocycles. The summed E-state index contributed by atoms with van der Waals surface area (Å²) in [6, 6.07) is 56.8. The van der Waals surface area contributed by atoms with Gasteiger partial charge in [-0.1, -0.05) is 188 Å². The van der Waals surface area contributed by atoms with Crippen LogP contribution in [0.2, 0.25) is 0 Å². The van der Waals surface area contributed by atoms with Gasteiger partial charge in [-0.2, -0.15) is 0 Å². The smallest absolute Gasteiger partial charge is 0.254 e. The lowest BCUT2D eigenvalue weighted by Crippen LogP contribution is -2.52. The fraction of sp³-hybridized carbons (Fsp3) is 0.409. The third kappa shape index (κ3) is 18.2. The second-order valence-electron chi connectivity index (χ2n) is 30.3. The molecule has 0 radical (unpaired) electrons. The van der Waals surface area contributed by atoms with Gasteiger partial charge in [0.25, 0.3) is 23.6 Å². The van der Waals surface area contributed by atoms with E-state index in [-0.39, 0.29) is 47.8 Å². The molecule has 0 bridgehead atoms. The Balaban J connectivity index is 0.000000127. The highest BCUT2D eigenvalue weighted by Gasteiger charge is 2.39. The summed E-state index contributed by atoms with van der Waals surface area (Å²) in [5.74, 6) is 1.33. The Morgan fingerprint density at radius 3 is 0.704 bits per heavy atom. The molecule has 20 heteroatoms. The van der Waals surface area contributed by atoms with E-state index in [0.717, 1.165) is 140 Å². The van der Waals surface area contributed by atoms with E-state index in [4.69, 9.17) is 0 Å². The molecule has 0 aromatic heterocycles. The standard InChI is InChI=1S/4C22H25BrN2O2/c4*1-2-14-12-25(22(27)18-8-7-17(23)10-19(14)18)13-21(26)20-9-15-5-3-4-6-16(15)11-24-20/h4*3-8,10,14,20-21,24,26H,2,9,11-13H2,1H3/t14-,20+,21+;14-,20+,21-;14-,20-,21+;14-,20-,21-/m1100/s1. The summed E-state index contributed by atoms with van der Waals surface area (Å²) in [5, 5.41) is 57.2. The third-order valence-electron chi connectivity index (χ3n) is 23.6. The van der Waals surface area contributed by atoms with E-state index < -0.39 is 24.4 Å². The van der Waals surface area contributed by atoms with Gasteiger partial charge < -0.3 is 61.3 Å². The van der Waals surface area contributed by atoms with Crippen molar-refractivity contribution in [2.75, 3.05) is 52.4 Å². The van der Waals surface area contributed by atoms with Gasteiger partial charge in [-0.3, -0.25) is 19.2 Å². The van der Waals surface area contributed by atoms with Crippen LogP contribution >= 0.6 is 63.7 Å². The first kappa shape index (κ1) is 79.3. The minimum absolute atomic E-state index is 0.0254. The summed E-state index contributed by atoms with van der Waals surface area (Å²) in [6.45, 7) is 15.8. The fourth-order valence-corrected chi connectivity index (χ4v) is 18.7. The van der Waals surface area contributed by atoms with E-state index in [1.54, 1.807) is 0 Å². The van der Waals surface area contributed by atoms with Gasteiger partial charge in [0.15, 0.2) is 0 Å². The van der Waals surface area contributed by atoms with E-state index in [2.05, 4.69) is 185 Å². The van der Waals surface area contributed by atoms with Gasteiger partial charge >= 0.3 is 0 Å². The van der Waals surface area contributed by atoms with Crippen LogP contribution in [0.1, 0.15) is 185 Å². The molecule has 108 heavy (non-hydrogen) atoms. The van der Waals surface area contributed by atoms with Gasteiger partial charge in [0.05, 0.1) is 24.4 Å². The van der Waals surface area contributed by atoms with Gasteiger partial charge in [0, 0.05) is 167 Å². The summed E-state index contributed by atoms with van der Waals surface area (Å²) in [4.78, 5) is 59.3. The lowest BCUT2D eigenvalue weighted by atomic mass is 9.87.